The monoisotopic (exact) mass is 371 g/mol. The van der Waals surface area contributed by atoms with Crippen LogP contribution < -0.4 is 9.47 Å². The lowest BCUT2D eigenvalue weighted by Crippen LogP contribution is -2.14. The molecule has 0 aliphatic carbocycles. The fourth-order valence-electron chi connectivity index (χ4n) is 2.27. The lowest BCUT2D eigenvalue weighted by molar-refractivity contribution is -0.147. The lowest BCUT2D eigenvalue weighted by Gasteiger charge is -2.07. The minimum absolute atomic E-state index is 0.0455. The molecule has 6 nitrogen and oxygen atoms in total. The van der Waals surface area contributed by atoms with E-state index in [1.165, 1.54) is 12.1 Å². The Balaban J connectivity index is 1.46. The molecule has 0 aliphatic heterocycles. The van der Waals surface area contributed by atoms with Gasteiger partial charge in [0.2, 0.25) is 0 Å². The first kappa shape index (κ1) is 18.4. The molecule has 7 heteroatoms. The Kier molecular flexibility index (Phi) is 6.04. The third-order valence-electron chi connectivity index (χ3n) is 3.56. The van der Waals surface area contributed by atoms with Crippen molar-refractivity contribution in [3.8, 4) is 22.8 Å². The largest absolute Gasteiger partial charge is 0.494 e. The molecule has 0 saturated heterocycles. The van der Waals surface area contributed by atoms with Crippen LogP contribution in [0.2, 0.25) is 0 Å². The van der Waals surface area contributed by atoms with Gasteiger partial charge in [0.05, 0.1) is 6.61 Å². The molecule has 0 spiro atoms. The van der Waals surface area contributed by atoms with Gasteiger partial charge in [0.1, 0.15) is 29.6 Å². The SMILES string of the molecule is CCOc1ccc(OCC(=O)OCc2cc(-c3ccc(F)cc3)on2)cc1. The van der Waals surface area contributed by atoms with Gasteiger partial charge in [-0.05, 0) is 55.5 Å². The third kappa shape index (κ3) is 5.31. The second-order valence-corrected chi connectivity index (χ2v) is 5.54. The molecule has 3 rings (SSSR count). The summed E-state index contributed by atoms with van der Waals surface area (Å²) in [6.07, 6.45) is 0. The molecule has 0 N–H and O–H groups in total. The Morgan fingerprint density at radius 3 is 2.37 bits per heavy atom. The lowest BCUT2D eigenvalue weighted by atomic mass is 10.1. The van der Waals surface area contributed by atoms with Crippen molar-refractivity contribution in [1.82, 2.24) is 5.16 Å². The maximum atomic E-state index is 12.9. The number of aromatic nitrogens is 1. The third-order valence-corrected chi connectivity index (χ3v) is 3.56. The van der Waals surface area contributed by atoms with Gasteiger partial charge < -0.3 is 18.7 Å². The van der Waals surface area contributed by atoms with Crippen molar-refractivity contribution in [2.75, 3.05) is 13.2 Å². The molecule has 3 aromatic rings. The van der Waals surface area contributed by atoms with Crippen LogP contribution in [0.25, 0.3) is 11.3 Å². The van der Waals surface area contributed by atoms with Gasteiger partial charge in [-0.2, -0.15) is 0 Å². The summed E-state index contributed by atoms with van der Waals surface area (Å²) < 4.78 is 33.9. The standard InChI is InChI=1S/C20H18FNO5/c1-2-24-17-7-9-18(10-8-17)25-13-20(23)26-12-16-11-19(27-22-16)14-3-5-15(21)6-4-14/h3-11H,2,12-13H2,1H3. The van der Waals surface area contributed by atoms with Crippen LogP contribution in [0.3, 0.4) is 0 Å². The van der Waals surface area contributed by atoms with Gasteiger partial charge in [-0.25, -0.2) is 9.18 Å². The minimum atomic E-state index is -0.532. The number of hydrogen-bond donors (Lipinski definition) is 0. The zero-order chi connectivity index (χ0) is 19.1. The highest BCUT2D eigenvalue weighted by Gasteiger charge is 2.10. The van der Waals surface area contributed by atoms with Crippen LogP contribution in [0.1, 0.15) is 12.6 Å². The van der Waals surface area contributed by atoms with Crippen LogP contribution in [-0.4, -0.2) is 24.3 Å². The Hall–Kier alpha value is -3.35. The zero-order valence-corrected chi connectivity index (χ0v) is 14.7. The van der Waals surface area contributed by atoms with E-state index >= 15 is 0 Å². The fourth-order valence-corrected chi connectivity index (χ4v) is 2.27. The number of nitrogens with zero attached hydrogens (tertiary/aromatic N) is 1. The average Bonchev–Trinajstić information content (AvgIpc) is 3.16. The van der Waals surface area contributed by atoms with E-state index in [2.05, 4.69) is 5.16 Å². The summed E-state index contributed by atoms with van der Waals surface area (Å²) in [5.41, 5.74) is 1.13. The number of halogens is 1. The quantitative estimate of drug-likeness (QED) is 0.558. The topological polar surface area (TPSA) is 70.8 Å². The van der Waals surface area contributed by atoms with Gasteiger partial charge in [0.15, 0.2) is 12.4 Å². The van der Waals surface area contributed by atoms with Crippen molar-refractivity contribution in [2.24, 2.45) is 0 Å². The van der Waals surface area contributed by atoms with Gasteiger partial charge in [0, 0.05) is 11.6 Å². The van der Waals surface area contributed by atoms with E-state index in [1.54, 1.807) is 42.5 Å². The van der Waals surface area contributed by atoms with Crippen molar-refractivity contribution in [1.29, 1.82) is 0 Å². The Bertz CT molecular complexity index is 874. The smallest absolute Gasteiger partial charge is 0.344 e. The van der Waals surface area contributed by atoms with E-state index in [1.807, 2.05) is 6.92 Å². The molecule has 0 saturated carbocycles. The van der Waals surface area contributed by atoms with E-state index in [-0.39, 0.29) is 19.0 Å². The van der Waals surface area contributed by atoms with E-state index in [4.69, 9.17) is 18.7 Å². The van der Waals surface area contributed by atoms with Crippen molar-refractivity contribution in [3.05, 3.63) is 66.1 Å². The molecule has 0 aliphatic rings. The van der Waals surface area contributed by atoms with Gasteiger partial charge in [-0.1, -0.05) is 5.16 Å². The number of carbonyl (C=O) groups is 1. The summed E-state index contributed by atoms with van der Waals surface area (Å²) in [5, 5.41) is 3.83. The van der Waals surface area contributed by atoms with Crippen molar-refractivity contribution in [2.45, 2.75) is 13.5 Å². The predicted molar refractivity (Wildman–Crippen MR) is 94.8 cm³/mol. The molecule has 0 unspecified atom stereocenters. The van der Waals surface area contributed by atoms with E-state index in [0.717, 1.165) is 5.75 Å². The molecule has 1 heterocycles. The summed E-state index contributed by atoms with van der Waals surface area (Å²) in [5.74, 6) is 0.868. The molecule has 0 atom stereocenters. The van der Waals surface area contributed by atoms with Gasteiger partial charge >= 0.3 is 5.97 Å². The fraction of sp³-hybridized carbons (Fsp3) is 0.200. The average molecular weight is 371 g/mol. The predicted octanol–water partition coefficient (Wildman–Crippen LogP) is 4.00. The normalized spacial score (nSPS) is 10.4. The first-order valence-electron chi connectivity index (χ1n) is 8.37. The highest BCUT2D eigenvalue weighted by atomic mass is 19.1. The van der Waals surface area contributed by atoms with Crippen LogP contribution in [0.4, 0.5) is 4.39 Å². The molecule has 0 radical (unpaired) electrons. The van der Waals surface area contributed by atoms with Crippen molar-refractivity contribution in [3.63, 3.8) is 0 Å². The zero-order valence-electron chi connectivity index (χ0n) is 14.7. The Morgan fingerprint density at radius 2 is 1.70 bits per heavy atom. The number of benzene rings is 2. The van der Waals surface area contributed by atoms with Crippen molar-refractivity contribution >= 4 is 5.97 Å². The first-order chi connectivity index (χ1) is 13.1. The molecule has 1 aromatic heterocycles. The summed E-state index contributed by atoms with van der Waals surface area (Å²) in [4.78, 5) is 11.8. The number of carbonyl (C=O) groups excluding carboxylic acids is 1. The maximum absolute atomic E-state index is 12.9. The summed E-state index contributed by atoms with van der Waals surface area (Å²) in [6, 6.07) is 14.4. The maximum Gasteiger partial charge on any atom is 0.344 e. The molecule has 0 bridgehead atoms. The van der Waals surface area contributed by atoms with Crippen LogP contribution in [0.5, 0.6) is 11.5 Å². The second-order valence-electron chi connectivity index (χ2n) is 5.54. The van der Waals surface area contributed by atoms with Gasteiger partial charge in [-0.15, -0.1) is 0 Å². The van der Waals surface area contributed by atoms with Gasteiger partial charge in [0.25, 0.3) is 0 Å². The molecule has 2 aromatic carbocycles. The molecule has 27 heavy (non-hydrogen) atoms. The van der Waals surface area contributed by atoms with Crippen LogP contribution in [0, 0.1) is 5.82 Å². The molecule has 140 valence electrons. The highest BCUT2D eigenvalue weighted by molar-refractivity contribution is 5.71. The molecule has 0 amide bonds. The van der Waals surface area contributed by atoms with Crippen LogP contribution in [0.15, 0.2) is 59.1 Å². The van der Waals surface area contributed by atoms with Crippen LogP contribution >= 0.6 is 0 Å². The second kappa shape index (κ2) is 8.84. The Morgan fingerprint density at radius 1 is 1.04 bits per heavy atom. The van der Waals surface area contributed by atoms with Crippen LogP contribution in [-0.2, 0) is 16.1 Å². The minimum Gasteiger partial charge on any atom is -0.494 e. The number of esters is 1. The van der Waals surface area contributed by atoms with Gasteiger partial charge in [-0.3, -0.25) is 0 Å². The summed E-state index contributed by atoms with van der Waals surface area (Å²) >= 11 is 0. The molecular formula is C20H18FNO5. The Labute approximate surface area is 155 Å². The summed E-state index contributed by atoms with van der Waals surface area (Å²) in [7, 11) is 0. The van der Waals surface area contributed by atoms with E-state index in [9.17, 15) is 9.18 Å². The van der Waals surface area contributed by atoms with E-state index < -0.39 is 5.97 Å². The number of rotatable bonds is 8. The first-order valence-corrected chi connectivity index (χ1v) is 8.37. The molecule has 0 fully saturated rings. The summed E-state index contributed by atoms with van der Waals surface area (Å²) in [6.45, 7) is 2.21. The van der Waals surface area contributed by atoms with E-state index in [0.29, 0.717) is 29.4 Å². The molecular weight excluding hydrogens is 353 g/mol. The number of hydrogen-bond acceptors (Lipinski definition) is 6. The number of ether oxygens (including phenoxy) is 3. The van der Waals surface area contributed by atoms with Crippen molar-refractivity contribution < 1.29 is 27.9 Å². The highest BCUT2D eigenvalue weighted by Crippen LogP contribution is 2.21.